The molecule has 0 spiro atoms. The summed E-state index contributed by atoms with van der Waals surface area (Å²) in [4.78, 5) is 17.9. The summed E-state index contributed by atoms with van der Waals surface area (Å²) in [5.74, 6) is 1.05. The minimum absolute atomic E-state index is 0.256. The van der Waals surface area contributed by atoms with Gasteiger partial charge in [0, 0.05) is 11.6 Å². The maximum atomic E-state index is 13.1. The number of hydrogen-bond acceptors (Lipinski definition) is 4. The number of halogens is 2. The molecule has 0 bridgehead atoms. The molecule has 0 unspecified atom stereocenters. The fraction of sp³-hybridized carbons (Fsp3) is 0.0667. The topological polar surface area (TPSA) is 53.3 Å². The highest BCUT2D eigenvalue weighted by atomic mass is 35.5. The van der Waals surface area contributed by atoms with Crippen molar-refractivity contribution in [1.82, 2.24) is 9.55 Å². The Morgan fingerprint density at radius 3 is 2.14 bits per heavy atom. The summed E-state index contributed by atoms with van der Waals surface area (Å²) in [6.45, 7) is 0.946. The lowest BCUT2D eigenvalue weighted by Gasteiger charge is -2.13. The predicted molar refractivity (Wildman–Crippen MR) is 148 cm³/mol. The molecule has 0 fully saturated rings. The van der Waals surface area contributed by atoms with E-state index < -0.39 is 5.97 Å². The van der Waals surface area contributed by atoms with Gasteiger partial charge in [-0.1, -0.05) is 77.8 Å². The molecule has 0 radical (unpaired) electrons. The fourth-order valence-electron chi connectivity index (χ4n) is 3.93. The molecular formula is C30H22Cl2N2O3. The average Bonchev–Trinajstić information content (AvgIpc) is 3.26. The van der Waals surface area contributed by atoms with Crippen molar-refractivity contribution in [3.05, 3.63) is 130 Å². The van der Waals surface area contributed by atoms with Gasteiger partial charge in [-0.2, -0.15) is 0 Å². The molecule has 0 aliphatic rings. The molecule has 0 N–H and O–H groups in total. The highest BCUT2D eigenvalue weighted by Crippen LogP contribution is 2.29. The van der Waals surface area contributed by atoms with Crippen LogP contribution in [-0.2, 0) is 11.3 Å². The van der Waals surface area contributed by atoms with Gasteiger partial charge in [0.1, 0.15) is 23.9 Å². The molecule has 5 rings (SSSR count). The van der Waals surface area contributed by atoms with Crippen molar-refractivity contribution in [3.63, 3.8) is 0 Å². The standard InChI is InChI=1S/C30H22Cl2N2O3/c31-24-14-6-4-12-22(24)28(37-30(35)23-13-5-7-15-25(23)32)20-29-33-26-16-8-9-17-27(26)34(29)18-19-36-21-10-2-1-3-11-21/h1-17,20H,18-19H2. The van der Waals surface area contributed by atoms with E-state index in [0.717, 1.165) is 16.8 Å². The molecule has 0 saturated heterocycles. The summed E-state index contributed by atoms with van der Waals surface area (Å²) >= 11 is 12.8. The van der Waals surface area contributed by atoms with E-state index in [1.165, 1.54) is 0 Å². The van der Waals surface area contributed by atoms with Gasteiger partial charge in [0.05, 0.1) is 33.2 Å². The highest BCUT2D eigenvalue weighted by Gasteiger charge is 2.19. The van der Waals surface area contributed by atoms with Gasteiger partial charge in [0.2, 0.25) is 0 Å². The lowest BCUT2D eigenvalue weighted by Crippen LogP contribution is -2.10. The molecule has 184 valence electrons. The Labute approximate surface area is 224 Å². The largest absolute Gasteiger partial charge is 0.492 e. The fourth-order valence-corrected chi connectivity index (χ4v) is 4.37. The number of nitrogens with zero attached hydrogens (tertiary/aromatic N) is 2. The number of imidazole rings is 1. The molecule has 7 heteroatoms. The Bertz CT molecular complexity index is 1580. The van der Waals surface area contributed by atoms with Crippen LogP contribution in [0.1, 0.15) is 21.7 Å². The molecule has 0 saturated carbocycles. The highest BCUT2D eigenvalue weighted by molar-refractivity contribution is 6.34. The van der Waals surface area contributed by atoms with E-state index in [1.807, 2.05) is 71.3 Å². The molecular weight excluding hydrogens is 507 g/mol. The molecule has 4 aromatic carbocycles. The van der Waals surface area contributed by atoms with E-state index in [-0.39, 0.29) is 11.3 Å². The molecule has 5 aromatic rings. The molecule has 1 aromatic heterocycles. The zero-order chi connectivity index (χ0) is 25.6. The van der Waals surface area contributed by atoms with Crippen molar-refractivity contribution in [3.8, 4) is 5.75 Å². The SMILES string of the molecule is O=C(OC(=Cc1nc2ccccc2n1CCOc1ccccc1)c1ccccc1Cl)c1ccccc1Cl. The normalized spacial score (nSPS) is 11.5. The number of ether oxygens (including phenoxy) is 2. The van der Waals surface area contributed by atoms with Crippen LogP contribution in [0, 0.1) is 0 Å². The Morgan fingerprint density at radius 1 is 0.784 bits per heavy atom. The van der Waals surface area contributed by atoms with Crippen LogP contribution in [0.3, 0.4) is 0 Å². The van der Waals surface area contributed by atoms with Crippen LogP contribution in [0.15, 0.2) is 103 Å². The van der Waals surface area contributed by atoms with Crippen molar-refractivity contribution in [2.75, 3.05) is 6.61 Å². The number of hydrogen-bond donors (Lipinski definition) is 0. The summed E-state index contributed by atoms with van der Waals surface area (Å²) in [5, 5.41) is 0.743. The van der Waals surface area contributed by atoms with Crippen LogP contribution in [0.2, 0.25) is 10.0 Å². The first-order valence-electron chi connectivity index (χ1n) is 11.7. The van der Waals surface area contributed by atoms with E-state index in [2.05, 4.69) is 0 Å². The van der Waals surface area contributed by atoms with Crippen LogP contribution < -0.4 is 4.74 Å². The molecule has 0 aliphatic heterocycles. The first-order valence-corrected chi connectivity index (χ1v) is 12.4. The zero-order valence-electron chi connectivity index (χ0n) is 19.7. The Morgan fingerprint density at radius 2 is 1.41 bits per heavy atom. The zero-order valence-corrected chi connectivity index (χ0v) is 21.2. The van der Waals surface area contributed by atoms with Crippen LogP contribution in [-0.4, -0.2) is 22.1 Å². The molecule has 37 heavy (non-hydrogen) atoms. The van der Waals surface area contributed by atoms with E-state index in [4.69, 9.17) is 37.7 Å². The monoisotopic (exact) mass is 528 g/mol. The lowest BCUT2D eigenvalue weighted by molar-refractivity contribution is 0.0694. The van der Waals surface area contributed by atoms with Gasteiger partial charge in [-0.25, -0.2) is 9.78 Å². The lowest BCUT2D eigenvalue weighted by atomic mass is 10.1. The number of rotatable bonds is 8. The number of aromatic nitrogens is 2. The summed E-state index contributed by atoms with van der Waals surface area (Å²) in [6.07, 6.45) is 1.72. The van der Waals surface area contributed by atoms with Gasteiger partial charge in [0.25, 0.3) is 0 Å². The van der Waals surface area contributed by atoms with E-state index in [9.17, 15) is 4.79 Å². The number of benzene rings is 4. The number of carbonyl (C=O) groups excluding carboxylic acids is 1. The molecule has 0 atom stereocenters. The predicted octanol–water partition coefficient (Wildman–Crippen LogP) is 7.78. The summed E-state index contributed by atoms with van der Waals surface area (Å²) in [7, 11) is 0. The van der Waals surface area contributed by atoms with Gasteiger partial charge in [-0.15, -0.1) is 0 Å². The molecule has 1 heterocycles. The van der Waals surface area contributed by atoms with Crippen LogP contribution in [0.25, 0.3) is 22.9 Å². The van der Waals surface area contributed by atoms with Gasteiger partial charge in [0.15, 0.2) is 0 Å². The molecule has 5 nitrogen and oxygen atoms in total. The van der Waals surface area contributed by atoms with Crippen molar-refractivity contribution in [1.29, 1.82) is 0 Å². The second kappa shape index (κ2) is 11.3. The minimum atomic E-state index is -0.591. The summed E-state index contributed by atoms with van der Waals surface area (Å²) in [5.41, 5.74) is 2.56. The second-order valence-corrected chi connectivity index (χ2v) is 8.94. The van der Waals surface area contributed by atoms with Gasteiger partial charge in [-0.3, -0.25) is 0 Å². The Kier molecular flexibility index (Phi) is 7.54. The first-order chi connectivity index (χ1) is 18.1. The van der Waals surface area contributed by atoms with Crippen molar-refractivity contribution >= 4 is 52.0 Å². The maximum Gasteiger partial charge on any atom is 0.345 e. The second-order valence-electron chi connectivity index (χ2n) is 8.13. The van der Waals surface area contributed by atoms with Crippen LogP contribution >= 0.6 is 23.2 Å². The third kappa shape index (κ3) is 5.69. The summed E-state index contributed by atoms with van der Waals surface area (Å²) < 4.78 is 13.8. The number of carbonyl (C=O) groups is 1. The van der Waals surface area contributed by atoms with Gasteiger partial charge in [-0.05, 0) is 48.5 Å². The smallest absolute Gasteiger partial charge is 0.345 e. The quantitative estimate of drug-likeness (QED) is 0.152. The third-order valence-electron chi connectivity index (χ3n) is 5.71. The van der Waals surface area contributed by atoms with E-state index >= 15 is 0 Å². The van der Waals surface area contributed by atoms with Gasteiger partial charge >= 0.3 is 5.97 Å². The van der Waals surface area contributed by atoms with E-state index in [1.54, 1.807) is 42.5 Å². The van der Waals surface area contributed by atoms with E-state index in [0.29, 0.717) is 34.6 Å². The number of esters is 1. The van der Waals surface area contributed by atoms with Crippen molar-refractivity contribution in [2.24, 2.45) is 0 Å². The van der Waals surface area contributed by atoms with Crippen molar-refractivity contribution < 1.29 is 14.3 Å². The number of para-hydroxylation sites is 3. The Balaban J connectivity index is 1.54. The number of fused-ring (bicyclic) bond motifs is 1. The molecule has 0 amide bonds. The Hall–Kier alpha value is -4.06. The first kappa shape index (κ1) is 24.6. The minimum Gasteiger partial charge on any atom is -0.492 e. The summed E-state index contributed by atoms with van der Waals surface area (Å²) in [6, 6.07) is 31.4. The van der Waals surface area contributed by atoms with Gasteiger partial charge < -0.3 is 14.0 Å². The van der Waals surface area contributed by atoms with Crippen LogP contribution in [0.5, 0.6) is 5.75 Å². The maximum absolute atomic E-state index is 13.1. The molecule has 0 aliphatic carbocycles. The third-order valence-corrected chi connectivity index (χ3v) is 6.37. The van der Waals surface area contributed by atoms with Crippen LogP contribution in [0.4, 0.5) is 0 Å². The van der Waals surface area contributed by atoms with Crippen molar-refractivity contribution in [2.45, 2.75) is 6.54 Å². The average molecular weight is 529 g/mol.